The van der Waals surface area contributed by atoms with E-state index in [0.29, 0.717) is 11.3 Å². The number of rotatable bonds is 4. The summed E-state index contributed by atoms with van der Waals surface area (Å²) in [4.78, 5) is 24.8. The molecule has 1 rings (SSSR count). The van der Waals surface area contributed by atoms with Gasteiger partial charge in [0.1, 0.15) is 17.4 Å². The Labute approximate surface area is 138 Å². The van der Waals surface area contributed by atoms with Gasteiger partial charge in [0, 0.05) is 5.56 Å². The van der Waals surface area contributed by atoms with Gasteiger partial charge in [0.05, 0.1) is 7.11 Å². The van der Waals surface area contributed by atoms with Crippen LogP contribution in [-0.4, -0.2) is 30.6 Å². The Hall–Kier alpha value is -2.04. The highest BCUT2D eigenvalue weighted by Gasteiger charge is 2.34. The molecule has 1 amide bonds. The molecule has 0 heterocycles. The van der Waals surface area contributed by atoms with Crippen LogP contribution in [0.1, 0.15) is 51.9 Å². The predicted octanol–water partition coefficient (Wildman–Crippen LogP) is 3.82. The second kappa shape index (κ2) is 7.02. The van der Waals surface area contributed by atoms with E-state index in [9.17, 15) is 9.59 Å². The maximum atomic E-state index is 12.8. The minimum atomic E-state index is -0.689. The van der Waals surface area contributed by atoms with E-state index in [-0.39, 0.29) is 5.78 Å². The normalized spacial score (nSPS) is 13.2. The van der Waals surface area contributed by atoms with Gasteiger partial charge in [-0.1, -0.05) is 20.8 Å². The highest BCUT2D eigenvalue weighted by atomic mass is 16.6. The number of amides is 1. The van der Waals surface area contributed by atoms with E-state index in [4.69, 9.17) is 9.47 Å². The van der Waals surface area contributed by atoms with Gasteiger partial charge in [0.15, 0.2) is 5.78 Å². The lowest BCUT2D eigenvalue weighted by atomic mass is 9.82. The van der Waals surface area contributed by atoms with Crippen molar-refractivity contribution >= 4 is 11.9 Å². The van der Waals surface area contributed by atoms with E-state index in [1.165, 1.54) is 0 Å². The molecule has 0 aliphatic carbocycles. The Morgan fingerprint density at radius 3 is 1.91 bits per heavy atom. The molecule has 0 aliphatic heterocycles. The van der Waals surface area contributed by atoms with Crippen LogP contribution in [0.2, 0.25) is 0 Å². The molecule has 0 bridgehead atoms. The van der Waals surface area contributed by atoms with E-state index >= 15 is 0 Å². The van der Waals surface area contributed by atoms with E-state index in [2.05, 4.69) is 5.32 Å². The molecule has 5 nitrogen and oxygen atoms in total. The largest absolute Gasteiger partial charge is 0.497 e. The number of ether oxygens (including phenoxy) is 2. The van der Waals surface area contributed by atoms with Crippen LogP contribution in [0, 0.1) is 5.41 Å². The van der Waals surface area contributed by atoms with Crippen molar-refractivity contribution in [2.45, 2.75) is 53.2 Å². The van der Waals surface area contributed by atoms with Crippen molar-refractivity contribution in [3.8, 4) is 5.75 Å². The van der Waals surface area contributed by atoms with Crippen molar-refractivity contribution in [1.82, 2.24) is 5.32 Å². The van der Waals surface area contributed by atoms with Gasteiger partial charge in [0.2, 0.25) is 0 Å². The third kappa shape index (κ3) is 5.93. The highest BCUT2D eigenvalue weighted by molar-refractivity contribution is 6.02. The number of alkyl carbamates (subject to hydrolysis) is 1. The number of methoxy groups -OCH3 is 1. The van der Waals surface area contributed by atoms with Crippen molar-refractivity contribution < 1.29 is 19.1 Å². The molecular formula is C18H27NO4. The minimum Gasteiger partial charge on any atom is -0.497 e. The van der Waals surface area contributed by atoms with E-state index in [0.717, 1.165) is 0 Å². The van der Waals surface area contributed by atoms with Gasteiger partial charge >= 0.3 is 6.09 Å². The molecule has 1 N–H and O–H groups in total. The lowest BCUT2D eigenvalue weighted by Crippen LogP contribution is -2.50. The number of Topliss-reactive ketones (excluding diaryl/α,β-unsaturated/α-hetero) is 1. The Morgan fingerprint density at radius 2 is 1.52 bits per heavy atom. The number of carbonyl (C=O) groups excluding carboxylic acids is 2. The monoisotopic (exact) mass is 321 g/mol. The first-order valence-electron chi connectivity index (χ1n) is 7.62. The smallest absolute Gasteiger partial charge is 0.408 e. The second-order valence-corrected chi connectivity index (χ2v) is 7.54. The first kappa shape index (κ1) is 19.0. The average Bonchev–Trinajstić information content (AvgIpc) is 2.41. The minimum absolute atomic E-state index is 0.161. The first-order chi connectivity index (χ1) is 10.4. The molecule has 0 aliphatic rings. The number of hydrogen-bond donors (Lipinski definition) is 1. The number of benzene rings is 1. The fourth-order valence-electron chi connectivity index (χ4n) is 2.02. The molecule has 1 unspecified atom stereocenters. The summed E-state index contributed by atoms with van der Waals surface area (Å²) in [5, 5.41) is 2.70. The quantitative estimate of drug-likeness (QED) is 0.856. The summed E-state index contributed by atoms with van der Waals surface area (Å²) >= 11 is 0. The molecule has 0 radical (unpaired) electrons. The molecule has 0 fully saturated rings. The fourth-order valence-corrected chi connectivity index (χ4v) is 2.02. The number of hydrogen-bond acceptors (Lipinski definition) is 4. The third-order valence-electron chi connectivity index (χ3n) is 3.16. The molecule has 0 aromatic heterocycles. The van der Waals surface area contributed by atoms with Crippen LogP contribution in [0.5, 0.6) is 5.75 Å². The summed E-state index contributed by atoms with van der Waals surface area (Å²) in [7, 11) is 1.57. The van der Waals surface area contributed by atoms with Gasteiger partial charge in [-0.3, -0.25) is 4.79 Å². The summed E-state index contributed by atoms with van der Waals surface area (Å²) in [6.45, 7) is 11.0. The van der Waals surface area contributed by atoms with Crippen LogP contribution in [0.15, 0.2) is 24.3 Å². The summed E-state index contributed by atoms with van der Waals surface area (Å²) in [5.41, 5.74) is -0.550. The van der Waals surface area contributed by atoms with Crippen LogP contribution in [0.3, 0.4) is 0 Å². The molecule has 0 saturated heterocycles. The summed E-state index contributed by atoms with van der Waals surface area (Å²) in [6, 6.07) is 6.14. The van der Waals surface area contributed by atoms with Gasteiger partial charge in [-0.15, -0.1) is 0 Å². The summed E-state index contributed by atoms with van der Waals surface area (Å²) in [6.07, 6.45) is -0.598. The SMILES string of the molecule is COc1ccc(C(=O)C(NC(=O)OC(C)(C)C)C(C)(C)C)cc1. The zero-order valence-corrected chi connectivity index (χ0v) is 15.0. The maximum Gasteiger partial charge on any atom is 0.408 e. The van der Waals surface area contributed by atoms with Crippen LogP contribution >= 0.6 is 0 Å². The Morgan fingerprint density at radius 1 is 1.00 bits per heavy atom. The predicted molar refractivity (Wildman–Crippen MR) is 89.9 cm³/mol. The van der Waals surface area contributed by atoms with Gasteiger partial charge in [0.25, 0.3) is 0 Å². The van der Waals surface area contributed by atoms with E-state index in [1.54, 1.807) is 52.1 Å². The Bertz CT molecular complexity index is 550. The van der Waals surface area contributed by atoms with Crippen LogP contribution in [0.25, 0.3) is 0 Å². The first-order valence-corrected chi connectivity index (χ1v) is 7.62. The van der Waals surface area contributed by atoms with Gasteiger partial charge in [-0.05, 0) is 50.5 Å². The standard InChI is InChI=1S/C18H27NO4/c1-17(2,3)15(19-16(21)23-18(4,5)6)14(20)12-8-10-13(22-7)11-9-12/h8-11,15H,1-7H3,(H,19,21). The third-order valence-corrected chi connectivity index (χ3v) is 3.16. The number of nitrogens with one attached hydrogen (secondary N) is 1. The van der Waals surface area contributed by atoms with Crippen LogP contribution in [-0.2, 0) is 4.74 Å². The van der Waals surface area contributed by atoms with Gasteiger partial charge in [-0.2, -0.15) is 0 Å². The lowest BCUT2D eigenvalue weighted by Gasteiger charge is -2.31. The average molecular weight is 321 g/mol. The zero-order chi connectivity index (χ0) is 17.8. The Balaban J connectivity index is 2.97. The molecule has 5 heteroatoms. The van der Waals surface area contributed by atoms with Crippen molar-refractivity contribution in [2.24, 2.45) is 5.41 Å². The zero-order valence-electron chi connectivity index (χ0n) is 15.0. The molecule has 1 aromatic rings. The van der Waals surface area contributed by atoms with Crippen molar-refractivity contribution in [2.75, 3.05) is 7.11 Å². The second-order valence-electron chi connectivity index (χ2n) is 7.54. The molecule has 23 heavy (non-hydrogen) atoms. The molecule has 1 aromatic carbocycles. The maximum absolute atomic E-state index is 12.8. The summed E-state index contributed by atoms with van der Waals surface area (Å²) in [5.74, 6) is 0.514. The molecule has 0 spiro atoms. The van der Waals surface area contributed by atoms with Crippen LogP contribution < -0.4 is 10.1 Å². The Kier molecular flexibility index (Phi) is 5.81. The fraction of sp³-hybridized carbons (Fsp3) is 0.556. The van der Waals surface area contributed by atoms with Crippen molar-refractivity contribution in [3.05, 3.63) is 29.8 Å². The molecular weight excluding hydrogens is 294 g/mol. The summed E-state index contributed by atoms with van der Waals surface area (Å²) < 4.78 is 10.4. The molecule has 0 saturated carbocycles. The molecule has 1 atom stereocenters. The van der Waals surface area contributed by atoms with E-state index < -0.39 is 23.2 Å². The molecule has 128 valence electrons. The topological polar surface area (TPSA) is 64.6 Å². The highest BCUT2D eigenvalue weighted by Crippen LogP contribution is 2.24. The number of ketones is 1. The lowest BCUT2D eigenvalue weighted by molar-refractivity contribution is 0.0446. The van der Waals surface area contributed by atoms with Crippen molar-refractivity contribution in [1.29, 1.82) is 0 Å². The van der Waals surface area contributed by atoms with Gasteiger partial charge in [-0.25, -0.2) is 4.79 Å². The van der Waals surface area contributed by atoms with Gasteiger partial charge < -0.3 is 14.8 Å². The van der Waals surface area contributed by atoms with Crippen LogP contribution in [0.4, 0.5) is 4.79 Å². The number of carbonyl (C=O) groups is 2. The van der Waals surface area contributed by atoms with E-state index in [1.807, 2.05) is 20.8 Å². The van der Waals surface area contributed by atoms with Crippen molar-refractivity contribution in [3.63, 3.8) is 0 Å².